The molecule has 3 fully saturated rings. The van der Waals surface area contributed by atoms with Crippen molar-refractivity contribution in [3.05, 3.63) is 33.8 Å². The van der Waals surface area contributed by atoms with Crippen LogP contribution in [-0.2, 0) is 38.2 Å². The second kappa shape index (κ2) is 15.8. The number of imide groups is 1. The van der Waals surface area contributed by atoms with Gasteiger partial charge in [0.2, 0.25) is 0 Å². The summed E-state index contributed by atoms with van der Waals surface area (Å²) in [6.07, 6.45) is 6.55. The first-order valence-electron chi connectivity index (χ1n) is 18.4. The van der Waals surface area contributed by atoms with Crippen LogP contribution in [0.25, 0.3) is 6.08 Å². The van der Waals surface area contributed by atoms with Gasteiger partial charge in [0.15, 0.2) is 0 Å². The average molecular weight is 727 g/mol. The van der Waals surface area contributed by atoms with Gasteiger partial charge in [0, 0.05) is 30.5 Å². The highest BCUT2D eigenvalue weighted by molar-refractivity contribution is 7.09. The number of hydrogen-bond donors (Lipinski definition) is 1. The zero-order valence-electron chi connectivity index (χ0n) is 31.0. The largest absolute Gasteiger partial charge is 0.461 e. The van der Waals surface area contributed by atoms with Gasteiger partial charge in [0.1, 0.15) is 18.0 Å². The molecule has 1 aromatic rings. The lowest BCUT2D eigenvalue weighted by molar-refractivity contribution is -0.166. The Labute approximate surface area is 305 Å². The van der Waals surface area contributed by atoms with Crippen molar-refractivity contribution in [2.45, 2.75) is 136 Å². The van der Waals surface area contributed by atoms with Crippen molar-refractivity contribution in [2.24, 2.45) is 29.1 Å². The predicted molar refractivity (Wildman–Crippen MR) is 191 cm³/mol. The van der Waals surface area contributed by atoms with Crippen molar-refractivity contribution in [2.75, 3.05) is 6.54 Å². The highest BCUT2D eigenvalue weighted by Crippen LogP contribution is 2.45. The molecule has 1 saturated carbocycles. The van der Waals surface area contributed by atoms with Crippen LogP contribution in [0.2, 0.25) is 0 Å². The Bertz CT molecular complexity index is 1540. The maximum absolute atomic E-state index is 14.1. The minimum atomic E-state index is -1.33. The number of esters is 2. The van der Waals surface area contributed by atoms with Crippen LogP contribution in [-0.4, -0.2) is 81.1 Å². The Hall–Kier alpha value is -3.22. The summed E-state index contributed by atoms with van der Waals surface area (Å²) in [5.74, 6) is -2.99. The number of fused-ring (bicyclic) bond motifs is 1. The molecule has 11 nitrogen and oxygen atoms in total. The van der Waals surface area contributed by atoms with Gasteiger partial charge in [-0.2, -0.15) is 0 Å². The Balaban J connectivity index is 1.28. The van der Waals surface area contributed by atoms with Crippen molar-refractivity contribution < 1.29 is 43.3 Å². The summed E-state index contributed by atoms with van der Waals surface area (Å²) in [7, 11) is 0. The summed E-state index contributed by atoms with van der Waals surface area (Å²) in [6.45, 7) is 13.2. The Morgan fingerprint density at radius 1 is 1.08 bits per heavy atom. The second-order valence-corrected chi connectivity index (χ2v) is 17.1. The summed E-state index contributed by atoms with van der Waals surface area (Å²) in [5.41, 5.74) is -0.103. The molecule has 1 aliphatic carbocycles. The van der Waals surface area contributed by atoms with Gasteiger partial charge in [-0.1, -0.05) is 34.1 Å². The molecular formula is C39H54N2O9S. The molecule has 1 aromatic heterocycles. The smallest absolute Gasteiger partial charge is 0.309 e. The van der Waals surface area contributed by atoms with Crippen molar-refractivity contribution in [1.82, 2.24) is 9.88 Å². The molecule has 2 saturated heterocycles. The van der Waals surface area contributed by atoms with E-state index in [1.54, 1.807) is 32.1 Å². The standard InChI is InChI=1S/C39H54N2O9S/c1-22-9-8-16-39(7)31(50-39)18-29(23(2)17-28-21-51-25(4)40-28)48-34(45)19-30(42)38(5,6)36(46)24(3)35(22)49-37(47)27-12-10-26(11-13-27)20-41-32(43)14-15-33(41)44/h14-15,17,21-22,24,26-27,29-31,35,42H,8-13,16,18-20H2,1-7H3. The van der Waals surface area contributed by atoms with Crippen LogP contribution < -0.4 is 0 Å². The molecule has 1 N–H and O–H groups in total. The fourth-order valence-electron chi connectivity index (χ4n) is 7.95. The molecule has 280 valence electrons. The van der Waals surface area contributed by atoms with E-state index in [0.29, 0.717) is 45.1 Å². The van der Waals surface area contributed by atoms with Gasteiger partial charge in [0.05, 0.1) is 52.2 Å². The van der Waals surface area contributed by atoms with Gasteiger partial charge in [0.25, 0.3) is 11.8 Å². The molecule has 0 bridgehead atoms. The molecule has 0 radical (unpaired) electrons. The Morgan fingerprint density at radius 2 is 1.75 bits per heavy atom. The van der Waals surface area contributed by atoms with Crippen molar-refractivity contribution in [3.8, 4) is 0 Å². The van der Waals surface area contributed by atoms with E-state index >= 15 is 0 Å². The number of cyclic esters (lactones) is 1. The Kier molecular flexibility index (Phi) is 12.1. The van der Waals surface area contributed by atoms with E-state index in [9.17, 15) is 29.1 Å². The van der Waals surface area contributed by atoms with Gasteiger partial charge >= 0.3 is 11.9 Å². The molecule has 3 aliphatic heterocycles. The van der Waals surface area contributed by atoms with E-state index < -0.39 is 41.2 Å². The fraction of sp³-hybridized carbons (Fsp3) is 0.692. The van der Waals surface area contributed by atoms with Crippen LogP contribution in [0, 0.1) is 36.0 Å². The molecule has 4 aliphatic rings. The number of ketones is 1. The maximum Gasteiger partial charge on any atom is 0.309 e. The monoisotopic (exact) mass is 726 g/mol. The zero-order chi connectivity index (χ0) is 37.2. The third kappa shape index (κ3) is 9.24. The van der Waals surface area contributed by atoms with Gasteiger partial charge in [-0.25, -0.2) is 4.98 Å². The van der Waals surface area contributed by atoms with Crippen molar-refractivity contribution in [3.63, 3.8) is 0 Å². The number of amides is 2. The fourth-order valence-corrected chi connectivity index (χ4v) is 8.52. The number of aromatic nitrogens is 1. The predicted octanol–water partition coefficient (Wildman–Crippen LogP) is 5.76. The molecule has 5 rings (SSSR count). The number of ether oxygens (including phenoxy) is 3. The summed E-state index contributed by atoms with van der Waals surface area (Å²) in [4.78, 5) is 71.0. The maximum atomic E-state index is 14.1. The quantitative estimate of drug-likeness (QED) is 0.218. The van der Waals surface area contributed by atoms with Crippen LogP contribution in [0.3, 0.4) is 0 Å². The van der Waals surface area contributed by atoms with Crippen LogP contribution in [0.1, 0.15) is 110 Å². The number of rotatable bonds is 6. The van der Waals surface area contributed by atoms with Gasteiger partial charge in [-0.3, -0.25) is 28.9 Å². The number of carbonyl (C=O) groups excluding carboxylic acids is 5. The van der Waals surface area contributed by atoms with Gasteiger partial charge in [-0.05, 0) is 82.8 Å². The highest BCUT2D eigenvalue weighted by Gasteiger charge is 2.53. The number of thiazole rings is 1. The van der Waals surface area contributed by atoms with E-state index in [1.807, 2.05) is 32.2 Å². The van der Waals surface area contributed by atoms with Crippen molar-refractivity contribution in [1.29, 1.82) is 0 Å². The molecule has 0 spiro atoms. The van der Waals surface area contributed by atoms with Crippen LogP contribution in [0.15, 0.2) is 23.1 Å². The zero-order valence-corrected chi connectivity index (χ0v) is 31.8. The minimum Gasteiger partial charge on any atom is -0.461 e. The van der Waals surface area contributed by atoms with Crippen molar-refractivity contribution >= 4 is 46.9 Å². The number of aryl methyl sites for hydroxylation is 1. The summed E-state index contributed by atoms with van der Waals surface area (Å²) >= 11 is 1.54. The lowest BCUT2D eigenvalue weighted by Crippen LogP contribution is -2.47. The number of aliphatic hydroxyl groups is 1. The topological polar surface area (TPSA) is 153 Å². The minimum absolute atomic E-state index is 0.116. The number of aliphatic hydroxyl groups excluding tert-OH is 1. The van der Waals surface area contributed by atoms with E-state index in [4.69, 9.17) is 14.2 Å². The first-order chi connectivity index (χ1) is 24.0. The number of hydrogen-bond acceptors (Lipinski definition) is 11. The number of nitrogens with zero attached hydrogens (tertiary/aromatic N) is 2. The molecule has 0 aromatic carbocycles. The molecule has 7 unspecified atom stereocenters. The summed E-state index contributed by atoms with van der Waals surface area (Å²) in [5, 5.41) is 14.2. The average Bonchev–Trinajstić information content (AvgIpc) is 3.33. The van der Waals surface area contributed by atoms with Gasteiger partial charge < -0.3 is 19.3 Å². The van der Waals surface area contributed by atoms with E-state index in [2.05, 4.69) is 11.9 Å². The lowest BCUT2D eigenvalue weighted by Gasteiger charge is -2.37. The third-order valence-corrected chi connectivity index (χ3v) is 12.5. The first kappa shape index (κ1) is 39.0. The Morgan fingerprint density at radius 3 is 2.37 bits per heavy atom. The van der Waals surface area contributed by atoms with Crippen LogP contribution in [0.4, 0.5) is 0 Å². The number of epoxide rings is 1. The first-order valence-corrected chi connectivity index (χ1v) is 19.3. The summed E-state index contributed by atoms with van der Waals surface area (Å²) in [6, 6.07) is 0. The normalized spacial score (nSPS) is 35.4. The molecule has 4 heterocycles. The molecule has 12 heteroatoms. The number of carbonyl (C=O) groups is 5. The second-order valence-electron chi connectivity index (χ2n) is 16.0. The third-order valence-electron chi connectivity index (χ3n) is 11.7. The molecule has 2 amide bonds. The SMILES string of the molecule is CC(=Cc1csc(C)n1)C1CC2OC2(C)CCCC(C)C(OC(=O)C2CCC(CN3C(=O)C=CC3=O)CC2)C(C)C(=O)C(C)(C)C(O)CC(=O)O1. The van der Waals surface area contributed by atoms with E-state index in [0.717, 1.165) is 29.1 Å². The molecule has 51 heavy (non-hydrogen) atoms. The molecule has 7 atom stereocenters. The number of Topliss-reactive ketones (excluding diaryl/α,β-unsaturated/α-hetero) is 1. The van der Waals surface area contributed by atoms with Crippen LogP contribution in [0.5, 0.6) is 0 Å². The van der Waals surface area contributed by atoms with E-state index in [-0.39, 0.29) is 53.8 Å². The van der Waals surface area contributed by atoms with Gasteiger partial charge in [-0.15, -0.1) is 11.3 Å². The molecular weight excluding hydrogens is 673 g/mol. The van der Waals surface area contributed by atoms with Crippen LogP contribution >= 0.6 is 11.3 Å². The van der Waals surface area contributed by atoms with E-state index in [1.165, 1.54) is 17.1 Å². The highest BCUT2D eigenvalue weighted by atomic mass is 32.1. The summed E-state index contributed by atoms with van der Waals surface area (Å²) < 4.78 is 18.4. The lowest BCUT2D eigenvalue weighted by atomic mass is 9.72.